The molecule has 0 saturated carbocycles. The van der Waals surface area contributed by atoms with E-state index in [0.29, 0.717) is 13.2 Å². The van der Waals surface area contributed by atoms with Crippen molar-refractivity contribution >= 4 is 29.9 Å². The summed E-state index contributed by atoms with van der Waals surface area (Å²) in [5.41, 5.74) is 0. The average Bonchev–Trinajstić information content (AvgIpc) is 2.64. The van der Waals surface area contributed by atoms with E-state index in [-0.39, 0.29) is 24.0 Å². The van der Waals surface area contributed by atoms with Gasteiger partial charge < -0.3 is 20.1 Å². The predicted octanol–water partition coefficient (Wildman–Crippen LogP) is 1.36. The third-order valence-electron chi connectivity index (χ3n) is 3.65. The molecule has 1 aromatic heterocycles. The lowest BCUT2D eigenvalue weighted by atomic mass is 10.3. The van der Waals surface area contributed by atoms with Crippen LogP contribution in [0.5, 0.6) is 5.75 Å². The third kappa shape index (κ3) is 9.81. The number of aliphatic imine (C=N–C) groups is 1. The quantitative estimate of drug-likeness (QED) is 0.250. The summed E-state index contributed by atoms with van der Waals surface area (Å²) in [5, 5.41) is 6.55. The van der Waals surface area contributed by atoms with Crippen molar-refractivity contribution in [3.05, 3.63) is 24.5 Å². The van der Waals surface area contributed by atoms with E-state index in [9.17, 15) is 0 Å². The Morgan fingerprint density at radius 2 is 2.20 bits per heavy atom. The van der Waals surface area contributed by atoms with Crippen LogP contribution in [-0.4, -0.2) is 74.9 Å². The molecule has 1 fully saturated rings. The highest BCUT2D eigenvalue weighted by Gasteiger charge is 2.08. The number of guanidine groups is 1. The molecule has 2 N–H and O–H groups in total. The molecule has 0 spiro atoms. The first kappa shape index (κ1) is 21.9. The van der Waals surface area contributed by atoms with E-state index in [4.69, 9.17) is 9.47 Å². The fraction of sp³-hybridized carbons (Fsp3) is 0.647. The van der Waals surface area contributed by atoms with Crippen molar-refractivity contribution in [1.29, 1.82) is 0 Å². The van der Waals surface area contributed by atoms with Gasteiger partial charge in [0.15, 0.2) is 5.96 Å². The molecule has 25 heavy (non-hydrogen) atoms. The topological polar surface area (TPSA) is 71.0 Å². The van der Waals surface area contributed by atoms with Crippen molar-refractivity contribution in [2.24, 2.45) is 4.99 Å². The zero-order valence-electron chi connectivity index (χ0n) is 14.9. The summed E-state index contributed by atoms with van der Waals surface area (Å²) < 4.78 is 11.0. The molecule has 1 aromatic rings. The molecule has 0 bridgehead atoms. The zero-order chi connectivity index (χ0) is 16.9. The van der Waals surface area contributed by atoms with Gasteiger partial charge in [0.2, 0.25) is 0 Å². The number of pyridine rings is 1. The van der Waals surface area contributed by atoms with Crippen LogP contribution in [0.15, 0.2) is 29.5 Å². The van der Waals surface area contributed by atoms with E-state index >= 15 is 0 Å². The minimum Gasteiger partial charge on any atom is -0.490 e. The second kappa shape index (κ2) is 14.1. The maximum absolute atomic E-state index is 5.61. The van der Waals surface area contributed by atoms with Crippen molar-refractivity contribution in [3.8, 4) is 5.75 Å². The van der Waals surface area contributed by atoms with Gasteiger partial charge in [-0.25, -0.2) is 0 Å². The number of nitrogens with one attached hydrogen (secondary N) is 2. The van der Waals surface area contributed by atoms with Crippen molar-refractivity contribution in [3.63, 3.8) is 0 Å². The second-order valence-electron chi connectivity index (χ2n) is 5.53. The molecule has 0 aliphatic carbocycles. The van der Waals surface area contributed by atoms with Crippen LogP contribution in [0.3, 0.4) is 0 Å². The van der Waals surface area contributed by atoms with Crippen molar-refractivity contribution in [2.75, 3.05) is 59.1 Å². The third-order valence-corrected chi connectivity index (χ3v) is 3.65. The van der Waals surface area contributed by atoms with Gasteiger partial charge >= 0.3 is 0 Å². The Morgan fingerprint density at radius 1 is 1.36 bits per heavy atom. The van der Waals surface area contributed by atoms with E-state index in [0.717, 1.165) is 64.1 Å². The summed E-state index contributed by atoms with van der Waals surface area (Å²) in [5.74, 6) is 1.63. The smallest absolute Gasteiger partial charge is 0.191 e. The zero-order valence-corrected chi connectivity index (χ0v) is 17.3. The average molecular weight is 463 g/mol. The molecular weight excluding hydrogens is 433 g/mol. The maximum atomic E-state index is 5.61. The summed E-state index contributed by atoms with van der Waals surface area (Å²) in [6.07, 6.45) is 4.51. The van der Waals surface area contributed by atoms with Crippen LogP contribution in [0.1, 0.15) is 13.3 Å². The van der Waals surface area contributed by atoms with Crippen LogP contribution in [0, 0.1) is 0 Å². The van der Waals surface area contributed by atoms with Crippen molar-refractivity contribution in [1.82, 2.24) is 20.5 Å². The number of halogens is 1. The van der Waals surface area contributed by atoms with Crippen LogP contribution >= 0.6 is 24.0 Å². The minimum atomic E-state index is 0. The molecule has 0 unspecified atom stereocenters. The molecule has 1 aliphatic rings. The first-order chi connectivity index (χ1) is 11.9. The Morgan fingerprint density at radius 3 is 2.92 bits per heavy atom. The van der Waals surface area contributed by atoms with Crippen LogP contribution < -0.4 is 15.4 Å². The number of aromatic nitrogens is 1. The Hall–Kier alpha value is -1.13. The first-order valence-corrected chi connectivity index (χ1v) is 8.73. The maximum Gasteiger partial charge on any atom is 0.191 e. The van der Waals surface area contributed by atoms with Gasteiger partial charge in [-0.15, -0.1) is 24.0 Å². The molecule has 0 aromatic carbocycles. The highest BCUT2D eigenvalue weighted by atomic mass is 127. The van der Waals surface area contributed by atoms with Crippen molar-refractivity contribution < 1.29 is 9.47 Å². The minimum absolute atomic E-state index is 0. The molecule has 2 heterocycles. The molecule has 1 aliphatic heterocycles. The van der Waals surface area contributed by atoms with Gasteiger partial charge in [0.1, 0.15) is 12.4 Å². The molecule has 2 rings (SSSR count). The predicted molar refractivity (Wildman–Crippen MR) is 111 cm³/mol. The van der Waals surface area contributed by atoms with Crippen LogP contribution in [0.2, 0.25) is 0 Å². The van der Waals surface area contributed by atoms with Crippen LogP contribution in [-0.2, 0) is 4.74 Å². The van der Waals surface area contributed by atoms with E-state index in [1.807, 2.05) is 12.1 Å². The molecule has 8 heteroatoms. The van der Waals surface area contributed by atoms with Gasteiger partial charge in [-0.3, -0.25) is 14.9 Å². The van der Waals surface area contributed by atoms with Gasteiger partial charge in [-0.2, -0.15) is 0 Å². The highest BCUT2D eigenvalue weighted by molar-refractivity contribution is 14.0. The standard InChI is InChI=1S/C17H29N5O2.HI/c1-2-19-17(20-7-4-9-22-10-13-23-14-11-22)21-8-12-24-16-5-3-6-18-15-16;/h3,5-6,15H,2,4,7-14H2,1H3,(H2,19,20,21);1H. The molecule has 7 nitrogen and oxygen atoms in total. The van der Waals surface area contributed by atoms with Gasteiger partial charge in [0, 0.05) is 38.9 Å². The van der Waals surface area contributed by atoms with E-state index in [1.165, 1.54) is 0 Å². The summed E-state index contributed by atoms with van der Waals surface area (Å²) in [6, 6.07) is 3.76. The SMILES string of the molecule is CCNC(=NCCCN1CCOCC1)NCCOc1cccnc1.I. The van der Waals surface area contributed by atoms with Gasteiger partial charge in [-0.05, 0) is 25.5 Å². The van der Waals surface area contributed by atoms with Gasteiger partial charge in [0.25, 0.3) is 0 Å². The van der Waals surface area contributed by atoms with Crippen molar-refractivity contribution in [2.45, 2.75) is 13.3 Å². The molecule has 0 amide bonds. The molecule has 0 atom stereocenters. The summed E-state index contributed by atoms with van der Waals surface area (Å²) in [4.78, 5) is 11.1. The summed E-state index contributed by atoms with van der Waals surface area (Å²) in [7, 11) is 0. The second-order valence-corrected chi connectivity index (χ2v) is 5.53. The molecular formula is C17H30IN5O2. The fourth-order valence-electron chi connectivity index (χ4n) is 2.42. The summed E-state index contributed by atoms with van der Waals surface area (Å²) in [6.45, 7) is 9.85. The van der Waals surface area contributed by atoms with Gasteiger partial charge in [0.05, 0.1) is 26.0 Å². The first-order valence-electron chi connectivity index (χ1n) is 8.73. The number of rotatable bonds is 9. The fourth-order valence-corrected chi connectivity index (χ4v) is 2.42. The lowest BCUT2D eigenvalue weighted by molar-refractivity contribution is 0.0377. The monoisotopic (exact) mass is 463 g/mol. The number of hydrogen-bond donors (Lipinski definition) is 2. The Labute approximate surface area is 167 Å². The number of ether oxygens (including phenoxy) is 2. The Bertz CT molecular complexity index is 469. The number of hydrogen-bond acceptors (Lipinski definition) is 5. The molecule has 1 saturated heterocycles. The Kier molecular flexibility index (Phi) is 12.3. The van der Waals surface area contributed by atoms with Gasteiger partial charge in [-0.1, -0.05) is 0 Å². The number of nitrogens with zero attached hydrogens (tertiary/aromatic N) is 3. The van der Waals surface area contributed by atoms with Crippen LogP contribution in [0.25, 0.3) is 0 Å². The highest BCUT2D eigenvalue weighted by Crippen LogP contribution is 2.04. The lowest BCUT2D eigenvalue weighted by Crippen LogP contribution is -2.39. The number of morpholine rings is 1. The largest absolute Gasteiger partial charge is 0.490 e. The lowest BCUT2D eigenvalue weighted by Gasteiger charge is -2.26. The normalized spacial score (nSPS) is 15.3. The molecule has 0 radical (unpaired) electrons. The van der Waals surface area contributed by atoms with E-state index < -0.39 is 0 Å². The molecule has 142 valence electrons. The Balaban J connectivity index is 0.00000312. The van der Waals surface area contributed by atoms with E-state index in [2.05, 4.69) is 32.4 Å². The van der Waals surface area contributed by atoms with Crippen LogP contribution in [0.4, 0.5) is 0 Å². The summed E-state index contributed by atoms with van der Waals surface area (Å²) >= 11 is 0. The van der Waals surface area contributed by atoms with E-state index in [1.54, 1.807) is 12.4 Å².